The van der Waals surface area contributed by atoms with Gasteiger partial charge in [-0.2, -0.15) is 0 Å². The second-order valence-electron chi connectivity index (χ2n) is 8.90. The van der Waals surface area contributed by atoms with E-state index in [9.17, 15) is 10.2 Å². The van der Waals surface area contributed by atoms with E-state index in [1.165, 1.54) is 17.5 Å². The van der Waals surface area contributed by atoms with Crippen molar-refractivity contribution in [2.45, 2.75) is 75.0 Å². The summed E-state index contributed by atoms with van der Waals surface area (Å²) in [6, 6.07) is 6.64. The summed E-state index contributed by atoms with van der Waals surface area (Å²) in [4.78, 5) is 2.47. The van der Waals surface area contributed by atoms with Crippen molar-refractivity contribution in [3.8, 4) is 5.75 Å². The quantitative estimate of drug-likeness (QED) is 0.789. The molecule has 0 spiro atoms. The number of likely N-dealkylation sites (N-methyl/N-ethyl adjacent to an activating group) is 1. The van der Waals surface area contributed by atoms with Gasteiger partial charge in [0.05, 0.1) is 5.60 Å². The lowest BCUT2D eigenvalue weighted by molar-refractivity contribution is -0.0114. The minimum atomic E-state index is -0.541. The minimum absolute atomic E-state index is 0.00846. The van der Waals surface area contributed by atoms with Crippen molar-refractivity contribution < 1.29 is 10.2 Å². The number of likely N-dealkylation sites (tertiary alicyclic amines) is 1. The van der Waals surface area contributed by atoms with E-state index in [2.05, 4.69) is 30.3 Å². The molecule has 1 aromatic rings. The average Bonchev–Trinajstić information content (AvgIpc) is 2.59. The lowest BCUT2D eigenvalue weighted by Gasteiger charge is -2.55. The molecule has 4 heteroatoms. The molecule has 25 heavy (non-hydrogen) atoms. The monoisotopic (exact) mass is 344 g/mol. The number of aliphatic hydroxyl groups is 1. The van der Waals surface area contributed by atoms with E-state index in [4.69, 9.17) is 0 Å². The van der Waals surface area contributed by atoms with E-state index < -0.39 is 5.60 Å². The van der Waals surface area contributed by atoms with Crippen LogP contribution >= 0.6 is 0 Å². The summed E-state index contributed by atoms with van der Waals surface area (Å²) in [6.45, 7) is 4.11. The fourth-order valence-electron chi connectivity index (χ4n) is 5.53. The van der Waals surface area contributed by atoms with Crippen LogP contribution < -0.4 is 5.32 Å². The Morgan fingerprint density at radius 3 is 2.72 bits per heavy atom. The Labute approximate surface area is 151 Å². The van der Waals surface area contributed by atoms with E-state index >= 15 is 0 Å². The first-order valence-electron chi connectivity index (χ1n) is 9.90. The van der Waals surface area contributed by atoms with Gasteiger partial charge in [-0.3, -0.25) is 0 Å². The summed E-state index contributed by atoms with van der Waals surface area (Å²) < 4.78 is 0. The number of fused-ring (bicyclic) bond motifs is 4. The van der Waals surface area contributed by atoms with Crippen LogP contribution in [0, 0.1) is 0 Å². The number of benzene rings is 1. The second kappa shape index (κ2) is 6.26. The number of nitrogens with one attached hydrogen (secondary N) is 1. The molecule has 0 aromatic heterocycles. The Kier molecular flexibility index (Phi) is 4.33. The molecule has 1 aliphatic heterocycles. The van der Waals surface area contributed by atoms with Gasteiger partial charge in [0, 0.05) is 24.0 Å². The number of piperidine rings is 1. The molecule has 0 amide bonds. The van der Waals surface area contributed by atoms with Crippen molar-refractivity contribution >= 4 is 0 Å². The standard InChI is InChI=1S/C21H32N2O2/c1-20-10-11-23(2)18(12-15-6-7-16(24)13-17(15)20)19(20)22-14-21(25)8-4-3-5-9-21/h6-7,13,18-19,22,24-25H,3-5,8-12,14H2,1-2H3/t18-,19+,20-/m1/s1. The number of aromatic hydroxyl groups is 1. The zero-order chi connectivity index (χ0) is 17.7. The highest BCUT2D eigenvalue weighted by atomic mass is 16.3. The maximum atomic E-state index is 10.9. The van der Waals surface area contributed by atoms with Crippen molar-refractivity contribution in [2.75, 3.05) is 20.1 Å². The fraction of sp³-hybridized carbons (Fsp3) is 0.714. The molecule has 2 fully saturated rings. The van der Waals surface area contributed by atoms with Crippen LogP contribution in [0.5, 0.6) is 5.75 Å². The average molecular weight is 344 g/mol. The zero-order valence-electron chi connectivity index (χ0n) is 15.6. The summed E-state index contributed by atoms with van der Waals surface area (Å²) in [7, 11) is 2.22. The molecule has 2 bridgehead atoms. The van der Waals surface area contributed by atoms with Crippen molar-refractivity contribution in [3.63, 3.8) is 0 Å². The summed E-state index contributed by atoms with van der Waals surface area (Å²) in [5.74, 6) is 0.363. The van der Waals surface area contributed by atoms with Crippen molar-refractivity contribution in [2.24, 2.45) is 0 Å². The lowest BCUT2D eigenvalue weighted by atomic mass is 9.61. The lowest BCUT2D eigenvalue weighted by Crippen LogP contribution is -2.67. The van der Waals surface area contributed by atoms with Crippen LogP contribution in [0.1, 0.15) is 56.6 Å². The molecule has 1 saturated carbocycles. The van der Waals surface area contributed by atoms with E-state index in [-0.39, 0.29) is 5.41 Å². The maximum Gasteiger partial charge on any atom is 0.115 e. The maximum absolute atomic E-state index is 10.9. The second-order valence-corrected chi connectivity index (χ2v) is 8.90. The molecule has 1 heterocycles. The third-order valence-corrected chi connectivity index (χ3v) is 7.19. The van der Waals surface area contributed by atoms with E-state index in [0.29, 0.717) is 24.4 Å². The van der Waals surface area contributed by atoms with E-state index in [0.717, 1.165) is 45.1 Å². The molecule has 3 aliphatic rings. The molecule has 1 aromatic carbocycles. The van der Waals surface area contributed by atoms with Crippen LogP contribution in [0.15, 0.2) is 18.2 Å². The summed E-state index contributed by atoms with van der Waals surface area (Å²) in [5.41, 5.74) is 2.13. The van der Waals surface area contributed by atoms with Gasteiger partial charge in [-0.1, -0.05) is 32.3 Å². The normalized spacial score (nSPS) is 34.5. The van der Waals surface area contributed by atoms with Gasteiger partial charge in [-0.05, 0) is 62.5 Å². The van der Waals surface area contributed by atoms with E-state index in [1.807, 2.05) is 12.1 Å². The van der Waals surface area contributed by atoms with Crippen molar-refractivity contribution in [1.82, 2.24) is 10.2 Å². The third-order valence-electron chi connectivity index (χ3n) is 7.19. The molecule has 138 valence electrons. The van der Waals surface area contributed by atoms with Crippen molar-refractivity contribution in [3.05, 3.63) is 29.3 Å². The highest BCUT2D eigenvalue weighted by Crippen LogP contribution is 2.45. The predicted molar refractivity (Wildman–Crippen MR) is 100 cm³/mol. The van der Waals surface area contributed by atoms with Crippen LogP contribution in [0.4, 0.5) is 0 Å². The van der Waals surface area contributed by atoms with Gasteiger partial charge in [0.1, 0.15) is 5.75 Å². The Morgan fingerprint density at radius 2 is 1.96 bits per heavy atom. The van der Waals surface area contributed by atoms with Gasteiger partial charge < -0.3 is 20.4 Å². The first-order valence-corrected chi connectivity index (χ1v) is 9.90. The molecule has 1 saturated heterocycles. The van der Waals surface area contributed by atoms with Gasteiger partial charge >= 0.3 is 0 Å². The summed E-state index contributed by atoms with van der Waals surface area (Å²) in [5, 5.41) is 24.8. The van der Waals surface area contributed by atoms with Gasteiger partial charge in [0.2, 0.25) is 0 Å². The number of hydrogen-bond donors (Lipinski definition) is 3. The molecule has 3 atom stereocenters. The van der Waals surface area contributed by atoms with Gasteiger partial charge in [0.25, 0.3) is 0 Å². The number of phenols is 1. The molecule has 3 N–H and O–H groups in total. The Hall–Kier alpha value is -1.10. The fourth-order valence-corrected chi connectivity index (χ4v) is 5.53. The highest BCUT2D eigenvalue weighted by molar-refractivity contribution is 5.45. The third kappa shape index (κ3) is 2.98. The molecule has 4 nitrogen and oxygen atoms in total. The molecular weight excluding hydrogens is 312 g/mol. The van der Waals surface area contributed by atoms with E-state index in [1.54, 1.807) is 0 Å². The molecular formula is C21H32N2O2. The molecule has 4 rings (SSSR count). The first kappa shape index (κ1) is 17.3. The Morgan fingerprint density at radius 1 is 1.20 bits per heavy atom. The summed E-state index contributed by atoms with van der Waals surface area (Å²) in [6.07, 6.45) is 7.45. The number of hydrogen-bond acceptors (Lipinski definition) is 4. The Balaban J connectivity index is 1.62. The largest absolute Gasteiger partial charge is 0.508 e. The zero-order valence-corrected chi connectivity index (χ0v) is 15.6. The van der Waals surface area contributed by atoms with Gasteiger partial charge in [0.15, 0.2) is 0 Å². The number of phenolic OH excluding ortho intramolecular Hbond substituents is 1. The minimum Gasteiger partial charge on any atom is -0.508 e. The smallest absolute Gasteiger partial charge is 0.115 e. The molecule has 2 aliphatic carbocycles. The Bertz CT molecular complexity index is 641. The van der Waals surface area contributed by atoms with Crippen LogP contribution in [0.2, 0.25) is 0 Å². The van der Waals surface area contributed by atoms with Crippen LogP contribution in [0.3, 0.4) is 0 Å². The summed E-state index contributed by atoms with van der Waals surface area (Å²) >= 11 is 0. The topological polar surface area (TPSA) is 55.7 Å². The molecule has 0 radical (unpaired) electrons. The first-order chi connectivity index (χ1) is 11.9. The highest BCUT2D eigenvalue weighted by Gasteiger charge is 2.50. The van der Waals surface area contributed by atoms with Gasteiger partial charge in [-0.15, -0.1) is 0 Å². The number of nitrogens with zero attached hydrogens (tertiary/aromatic N) is 1. The van der Waals surface area contributed by atoms with Crippen LogP contribution in [-0.4, -0.2) is 52.9 Å². The number of rotatable bonds is 3. The van der Waals surface area contributed by atoms with Crippen molar-refractivity contribution in [1.29, 1.82) is 0 Å². The molecule has 0 unspecified atom stereocenters. The van der Waals surface area contributed by atoms with Crippen LogP contribution in [-0.2, 0) is 11.8 Å². The van der Waals surface area contributed by atoms with Crippen LogP contribution in [0.25, 0.3) is 0 Å². The predicted octanol–water partition coefficient (Wildman–Crippen LogP) is 2.56. The SMILES string of the molecule is CN1CC[C@]2(C)c3cc(O)ccc3C[C@@H]1[C@@H]2NCC1(O)CCCCC1. The van der Waals surface area contributed by atoms with Gasteiger partial charge in [-0.25, -0.2) is 0 Å².